The third-order valence-electron chi connectivity index (χ3n) is 2.44. The van der Waals surface area contributed by atoms with Gasteiger partial charge in [-0.25, -0.2) is 4.39 Å². The van der Waals surface area contributed by atoms with Gasteiger partial charge in [-0.3, -0.25) is 0 Å². The molecule has 2 aromatic carbocycles. The zero-order valence-electron chi connectivity index (χ0n) is 9.33. The van der Waals surface area contributed by atoms with E-state index in [1.165, 1.54) is 28.2 Å². The fourth-order valence-electron chi connectivity index (χ4n) is 1.58. The van der Waals surface area contributed by atoms with Crippen LogP contribution in [0.4, 0.5) is 4.39 Å². The quantitative estimate of drug-likeness (QED) is 0.729. The molecule has 0 aliphatic carbocycles. The molecule has 0 bridgehead atoms. The van der Waals surface area contributed by atoms with Gasteiger partial charge in [-0.2, -0.15) is 0 Å². The fraction of sp³-hybridized carbons (Fsp3) is 0.143. The van der Waals surface area contributed by atoms with Crippen molar-refractivity contribution in [1.82, 2.24) is 0 Å². The standard InChI is InChI=1S/C14H13FS/c1-10-4-3-5-11(2)14(10)16-13-8-6-12(15)7-9-13/h3-9H,1-2H3. The van der Waals surface area contributed by atoms with Crippen LogP contribution in [0, 0.1) is 19.7 Å². The lowest BCUT2D eigenvalue weighted by Gasteiger charge is -2.08. The van der Waals surface area contributed by atoms with Gasteiger partial charge in [0.25, 0.3) is 0 Å². The van der Waals surface area contributed by atoms with Crippen LogP contribution in [-0.4, -0.2) is 0 Å². The smallest absolute Gasteiger partial charge is 0.123 e. The molecule has 82 valence electrons. The van der Waals surface area contributed by atoms with Gasteiger partial charge in [-0.15, -0.1) is 0 Å². The maximum absolute atomic E-state index is 12.8. The topological polar surface area (TPSA) is 0 Å². The van der Waals surface area contributed by atoms with E-state index in [4.69, 9.17) is 0 Å². The molecule has 0 spiro atoms. The van der Waals surface area contributed by atoms with E-state index in [1.807, 2.05) is 12.1 Å². The minimum absolute atomic E-state index is 0.189. The summed E-state index contributed by atoms with van der Waals surface area (Å²) in [7, 11) is 0. The largest absolute Gasteiger partial charge is 0.207 e. The van der Waals surface area contributed by atoms with Crippen molar-refractivity contribution in [3.05, 3.63) is 59.4 Å². The molecule has 0 aliphatic heterocycles. The van der Waals surface area contributed by atoms with Gasteiger partial charge < -0.3 is 0 Å². The first-order valence-corrected chi connectivity index (χ1v) is 5.98. The van der Waals surface area contributed by atoms with E-state index < -0.39 is 0 Å². The van der Waals surface area contributed by atoms with Crippen LogP contribution in [0.25, 0.3) is 0 Å². The van der Waals surface area contributed by atoms with Gasteiger partial charge in [0.2, 0.25) is 0 Å². The van der Waals surface area contributed by atoms with E-state index in [0.717, 1.165) is 4.90 Å². The van der Waals surface area contributed by atoms with Crippen LogP contribution in [0.3, 0.4) is 0 Å². The van der Waals surface area contributed by atoms with Crippen molar-refractivity contribution in [3.8, 4) is 0 Å². The average molecular weight is 232 g/mol. The van der Waals surface area contributed by atoms with Crippen molar-refractivity contribution in [2.24, 2.45) is 0 Å². The minimum Gasteiger partial charge on any atom is -0.207 e. The summed E-state index contributed by atoms with van der Waals surface area (Å²) in [6.45, 7) is 4.19. The molecule has 0 unspecified atom stereocenters. The second-order valence-electron chi connectivity index (χ2n) is 3.78. The molecule has 0 atom stereocenters. The summed E-state index contributed by atoms with van der Waals surface area (Å²) >= 11 is 1.68. The molecule has 0 aromatic heterocycles. The predicted octanol–water partition coefficient (Wildman–Crippen LogP) is 4.59. The third-order valence-corrected chi connectivity index (χ3v) is 3.80. The highest BCUT2D eigenvalue weighted by atomic mass is 32.2. The number of rotatable bonds is 2. The summed E-state index contributed by atoms with van der Waals surface area (Å²) in [4.78, 5) is 2.33. The molecular weight excluding hydrogens is 219 g/mol. The van der Waals surface area contributed by atoms with Crippen molar-refractivity contribution in [2.45, 2.75) is 23.6 Å². The maximum atomic E-state index is 12.8. The SMILES string of the molecule is Cc1cccc(C)c1Sc1ccc(F)cc1. The summed E-state index contributed by atoms with van der Waals surface area (Å²) in [6, 6.07) is 12.9. The molecule has 0 nitrogen and oxygen atoms in total. The van der Waals surface area contributed by atoms with Crippen LogP contribution in [0.2, 0.25) is 0 Å². The Morgan fingerprint density at radius 1 is 0.875 bits per heavy atom. The first-order chi connectivity index (χ1) is 7.66. The lowest BCUT2D eigenvalue weighted by molar-refractivity contribution is 0.626. The van der Waals surface area contributed by atoms with Crippen molar-refractivity contribution in [2.75, 3.05) is 0 Å². The molecule has 2 rings (SSSR count). The molecule has 2 heteroatoms. The van der Waals surface area contributed by atoms with Gasteiger partial charge in [-0.05, 0) is 49.2 Å². The Hall–Kier alpha value is -1.28. The highest BCUT2D eigenvalue weighted by Gasteiger charge is 2.04. The number of halogens is 1. The van der Waals surface area contributed by atoms with E-state index in [2.05, 4.69) is 32.0 Å². The third kappa shape index (κ3) is 2.45. The van der Waals surface area contributed by atoms with Gasteiger partial charge in [0.15, 0.2) is 0 Å². The fourth-order valence-corrected chi connectivity index (χ4v) is 2.55. The molecule has 2 aromatic rings. The predicted molar refractivity (Wildman–Crippen MR) is 66.4 cm³/mol. The van der Waals surface area contributed by atoms with Crippen LogP contribution in [0.1, 0.15) is 11.1 Å². The summed E-state index contributed by atoms with van der Waals surface area (Å²) in [5.41, 5.74) is 2.52. The zero-order valence-corrected chi connectivity index (χ0v) is 10.1. The lowest BCUT2D eigenvalue weighted by Crippen LogP contribution is -1.84. The van der Waals surface area contributed by atoms with Crippen molar-refractivity contribution in [1.29, 1.82) is 0 Å². The molecule has 0 amide bonds. The maximum Gasteiger partial charge on any atom is 0.123 e. The first-order valence-electron chi connectivity index (χ1n) is 5.16. The summed E-state index contributed by atoms with van der Waals surface area (Å²) in [5, 5.41) is 0. The van der Waals surface area contributed by atoms with Gasteiger partial charge in [0.1, 0.15) is 5.82 Å². The van der Waals surface area contributed by atoms with Gasteiger partial charge in [0.05, 0.1) is 0 Å². The number of benzene rings is 2. The Labute approximate surface area is 99.5 Å². The number of hydrogen-bond acceptors (Lipinski definition) is 1. The van der Waals surface area contributed by atoms with E-state index in [1.54, 1.807) is 11.8 Å². The van der Waals surface area contributed by atoms with E-state index in [9.17, 15) is 4.39 Å². The first kappa shape index (κ1) is 11.2. The molecule has 0 N–H and O–H groups in total. The monoisotopic (exact) mass is 232 g/mol. The summed E-state index contributed by atoms with van der Waals surface area (Å²) in [6.07, 6.45) is 0. The Kier molecular flexibility index (Phi) is 3.30. The Bertz CT molecular complexity index is 468. The highest BCUT2D eigenvalue weighted by molar-refractivity contribution is 7.99. The lowest BCUT2D eigenvalue weighted by atomic mass is 10.2. The number of aryl methyl sites for hydroxylation is 2. The molecule has 0 heterocycles. The van der Waals surface area contributed by atoms with Gasteiger partial charge in [-0.1, -0.05) is 30.0 Å². The normalized spacial score (nSPS) is 10.4. The van der Waals surface area contributed by atoms with Crippen LogP contribution >= 0.6 is 11.8 Å². The van der Waals surface area contributed by atoms with Crippen molar-refractivity contribution >= 4 is 11.8 Å². The molecule has 16 heavy (non-hydrogen) atoms. The molecule has 0 saturated heterocycles. The molecule has 0 aliphatic rings. The molecule has 0 fully saturated rings. The second kappa shape index (κ2) is 4.71. The average Bonchev–Trinajstić information content (AvgIpc) is 2.26. The summed E-state index contributed by atoms with van der Waals surface area (Å²) < 4.78 is 12.8. The van der Waals surface area contributed by atoms with Crippen molar-refractivity contribution < 1.29 is 4.39 Å². The molecule has 0 saturated carbocycles. The highest BCUT2D eigenvalue weighted by Crippen LogP contribution is 2.32. The Morgan fingerprint density at radius 3 is 2.00 bits per heavy atom. The van der Waals surface area contributed by atoms with Crippen LogP contribution < -0.4 is 0 Å². The van der Waals surface area contributed by atoms with Gasteiger partial charge in [0, 0.05) is 9.79 Å². The summed E-state index contributed by atoms with van der Waals surface area (Å²) in [5.74, 6) is -0.189. The van der Waals surface area contributed by atoms with E-state index in [-0.39, 0.29) is 5.82 Å². The van der Waals surface area contributed by atoms with Crippen LogP contribution in [-0.2, 0) is 0 Å². The Morgan fingerprint density at radius 2 is 1.44 bits per heavy atom. The zero-order chi connectivity index (χ0) is 11.5. The van der Waals surface area contributed by atoms with Crippen LogP contribution in [0.15, 0.2) is 52.3 Å². The molecule has 0 radical (unpaired) electrons. The number of hydrogen-bond donors (Lipinski definition) is 0. The second-order valence-corrected chi connectivity index (χ2v) is 4.86. The van der Waals surface area contributed by atoms with E-state index in [0.29, 0.717) is 0 Å². The van der Waals surface area contributed by atoms with E-state index >= 15 is 0 Å². The minimum atomic E-state index is -0.189. The molecular formula is C14H13FS. The Balaban J connectivity index is 2.30. The van der Waals surface area contributed by atoms with Crippen LogP contribution in [0.5, 0.6) is 0 Å². The van der Waals surface area contributed by atoms with Gasteiger partial charge >= 0.3 is 0 Å². The van der Waals surface area contributed by atoms with Crippen molar-refractivity contribution in [3.63, 3.8) is 0 Å².